The normalized spacial score (nSPS) is 12.4. The maximum atomic E-state index is 14.1. The first-order chi connectivity index (χ1) is 20.2. The van der Waals surface area contributed by atoms with Gasteiger partial charge in [0.2, 0.25) is 21.8 Å². The van der Waals surface area contributed by atoms with E-state index in [-0.39, 0.29) is 18.7 Å². The largest absolute Gasteiger partial charge is 0.417 e. The second-order valence-corrected chi connectivity index (χ2v) is 12.6. The van der Waals surface area contributed by atoms with Gasteiger partial charge in [-0.05, 0) is 42.7 Å². The smallest absolute Gasteiger partial charge is 0.354 e. The summed E-state index contributed by atoms with van der Waals surface area (Å²) in [6.07, 6.45) is -2.37. The molecule has 0 bridgehead atoms. The third-order valence-corrected chi connectivity index (χ3v) is 8.27. The second-order valence-electron chi connectivity index (χ2n) is 10.3. The summed E-state index contributed by atoms with van der Waals surface area (Å²) in [5.74, 6) is -1.18. The van der Waals surface area contributed by atoms with Crippen LogP contribution in [-0.4, -0.2) is 50.5 Å². The average molecular weight is 638 g/mol. The monoisotopic (exact) mass is 637 g/mol. The highest BCUT2D eigenvalue weighted by Crippen LogP contribution is 2.37. The molecule has 43 heavy (non-hydrogen) atoms. The minimum absolute atomic E-state index is 0.0379. The van der Waals surface area contributed by atoms with E-state index < -0.39 is 51.2 Å². The number of hydrogen-bond donors (Lipinski definition) is 1. The summed E-state index contributed by atoms with van der Waals surface area (Å²) >= 11 is 5.76. The number of rotatable bonds is 13. The molecule has 0 saturated carbocycles. The van der Waals surface area contributed by atoms with E-state index in [1.807, 2.05) is 44.2 Å². The number of halogens is 4. The van der Waals surface area contributed by atoms with Crippen molar-refractivity contribution in [2.24, 2.45) is 0 Å². The lowest BCUT2D eigenvalue weighted by Crippen LogP contribution is -2.53. The quantitative estimate of drug-likeness (QED) is 0.233. The Bertz CT molecular complexity index is 1500. The van der Waals surface area contributed by atoms with Crippen molar-refractivity contribution in [3.8, 4) is 0 Å². The van der Waals surface area contributed by atoms with Crippen LogP contribution in [0.15, 0.2) is 72.8 Å². The second kappa shape index (κ2) is 14.7. The summed E-state index contributed by atoms with van der Waals surface area (Å²) in [4.78, 5) is 28.9. The number of carbonyl (C=O) groups is 2. The van der Waals surface area contributed by atoms with Gasteiger partial charge in [0.05, 0.1) is 22.5 Å². The molecule has 0 aliphatic heterocycles. The number of amides is 2. The van der Waals surface area contributed by atoms with Crippen LogP contribution >= 0.6 is 11.6 Å². The van der Waals surface area contributed by atoms with E-state index in [0.717, 1.165) is 42.4 Å². The summed E-state index contributed by atoms with van der Waals surface area (Å²) in [5.41, 5.74) is 0.824. The molecule has 0 aromatic heterocycles. The van der Waals surface area contributed by atoms with Crippen molar-refractivity contribution in [3.63, 3.8) is 0 Å². The number of anilines is 1. The van der Waals surface area contributed by atoms with Crippen LogP contribution in [0.25, 0.3) is 0 Å². The van der Waals surface area contributed by atoms with Crippen molar-refractivity contribution in [1.29, 1.82) is 0 Å². The fourth-order valence-corrected chi connectivity index (χ4v) is 5.52. The minimum atomic E-state index is -4.85. The lowest BCUT2D eigenvalue weighted by molar-refractivity contribution is -0.140. The summed E-state index contributed by atoms with van der Waals surface area (Å²) in [5, 5.41) is 2.27. The zero-order chi connectivity index (χ0) is 31.8. The van der Waals surface area contributed by atoms with Crippen molar-refractivity contribution in [3.05, 3.63) is 100 Å². The fourth-order valence-electron chi connectivity index (χ4n) is 4.45. The number of benzene rings is 3. The first-order valence-corrected chi connectivity index (χ1v) is 15.9. The van der Waals surface area contributed by atoms with Gasteiger partial charge in [0.25, 0.3) is 0 Å². The molecule has 0 heterocycles. The van der Waals surface area contributed by atoms with Gasteiger partial charge >= 0.3 is 6.18 Å². The first-order valence-electron chi connectivity index (χ1n) is 13.7. The minimum Gasteiger partial charge on any atom is -0.354 e. The number of sulfonamides is 1. The Hall–Kier alpha value is -3.57. The van der Waals surface area contributed by atoms with Crippen molar-refractivity contribution >= 4 is 39.1 Å². The topological polar surface area (TPSA) is 86.8 Å². The van der Waals surface area contributed by atoms with Crippen LogP contribution in [0.3, 0.4) is 0 Å². The van der Waals surface area contributed by atoms with Gasteiger partial charge in [-0.3, -0.25) is 13.9 Å². The molecule has 0 aliphatic carbocycles. The number of alkyl halides is 3. The number of aryl methyl sites for hydroxylation is 1. The van der Waals surface area contributed by atoms with Gasteiger partial charge in [-0.2, -0.15) is 13.2 Å². The van der Waals surface area contributed by atoms with Crippen LogP contribution < -0.4 is 9.62 Å². The summed E-state index contributed by atoms with van der Waals surface area (Å²) in [6, 6.07) is 18.0. The van der Waals surface area contributed by atoms with E-state index in [9.17, 15) is 31.2 Å². The molecule has 1 N–H and O–H groups in total. The standard InChI is InChI=1S/C31H35ClF3N3O4S/c1-4-5-17-36-30(40)28(18-23-9-7-6-8-10-23)37(20-24-13-11-22(2)12-14-24)29(39)21-38(43(3,41)42)25-15-16-27(32)26(19-25)31(33,34)35/h6-16,19,28H,4-5,17-18,20-21H2,1-3H3,(H,36,40)/t28-/m1/s1. The number of hydrogen-bond acceptors (Lipinski definition) is 4. The Morgan fingerprint density at radius 1 is 0.977 bits per heavy atom. The van der Waals surface area contributed by atoms with E-state index >= 15 is 0 Å². The average Bonchev–Trinajstić information content (AvgIpc) is 2.94. The molecule has 0 aliphatic rings. The van der Waals surface area contributed by atoms with Gasteiger partial charge < -0.3 is 10.2 Å². The molecule has 7 nitrogen and oxygen atoms in total. The third-order valence-electron chi connectivity index (χ3n) is 6.80. The number of nitrogens with one attached hydrogen (secondary N) is 1. The van der Waals surface area contributed by atoms with Crippen molar-refractivity contribution < 1.29 is 31.2 Å². The fraction of sp³-hybridized carbons (Fsp3) is 0.355. The lowest BCUT2D eigenvalue weighted by atomic mass is 10.0. The number of nitrogens with zero attached hydrogens (tertiary/aromatic N) is 2. The Morgan fingerprint density at radius 3 is 2.21 bits per heavy atom. The van der Waals surface area contributed by atoms with E-state index in [1.54, 1.807) is 24.3 Å². The van der Waals surface area contributed by atoms with E-state index in [4.69, 9.17) is 11.6 Å². The zero-order valence-electron chi connectivity index (χ0n) is 24.2. The molecule has 2 amide bonds. The molecule has 0 saturated heterocycles. The van der Waals surface area contributed by atoms with E-state index in [2.05, 4.69) is 5.32 Å². The van der Waals surface area contributed by atoms with Gasteiger partial charge in [0, 0.05) is 19.5 Å². The van der Waals surface area contributed by atoms with Gasteiger partial charge in [0.1, 0.15) is 12.6 Å². The van der Waals surface area contributed by atoms with Gasteiger partial charge in [-0.15, -0.1) is 0 Å². The highest BCUT2D eigenvalue weighted by molar-refractivity contribution is 7.92. The van der Waals surface area contributed by atoms with Crippen molar-refractivity contribution in [1.82, 2.24) is 10.2 Å². The highest BCUT2D eigenvalue weighted by Gasteiger charge is 2.36. The van der Waals surface area contributed by atoms with Crippen LogP contribution in [0.5, 0.6) is 0 Å². The molecule has 12 heteroatoms. The van der Waals surface area contributed by atoms with E-state index in [1.165, 1.54) is 4.90 Å². The van der Waals surface area contributed by atoms with Crippen LogP contribution in [0.4, 0.5) is 18.9 Å². The van der Waals surface area contributed by atoms with Crippen LogP contribution in [-0.2, 0) is 38.8 Å². The van der Waals surface area contributed by atoms with Crippen molar-refractivity contribution in [2.45, 2.75) is 51.9 Å². The highest BCUT2D eigenvalue weighted by atomic mass is 35.5. The third kappa shape index (κ3) is 9.72. The van der Waals surface area contributed by atoms with Gasteiger partial charge in [-0.25, -0.2) is 8.42 Å². The zero-order valence-corrected chi connectivity index (χ0v) is 25.8. The predicted octanol–water partition coefficient (Wildman–Crippen LogP) is 5.99. The molecule has 3 aromatic carbocycles. The maximum absolute atomic E-state index is 14.1. The lowest BCUT2D eigenvalue weighted by Gasteiger charge is -2.33. The predicted molar refractivity (Wildman–Crippen MR) is 162 cm³/mol. The van der Waals surface area contributed by atoms with Gasteiger partial charge in [0.15, 0.2) is 0 Å². The van der Waals surface area contributed by atoms with Crippen molar-refractivity contribution in [2.75, 3.05) is 23.7 Å². The Kier molecular flexibility index (Phi) is 11.6. The molecule has 0 spiro atoms. The van der Waals surface area contributed by atoms with Gasteiger partial charge in [-0.1, -0.05) is 85.1 Å². The van der Waals surface area contributed by atoms with E-state index in [0.29, 0.717) is 22.5 Å². The summed E-state index contributed by atoms with van der Waals surface area (Å²) in [6.45, 7) is 3.38. The Balaban J connectivity index is 2.07. The molecule has 0 fully saturated rings. The number of unbranched alkanes of at least 4 members (excludes halogenated alkanes) is 1. The first kappa shape index (κ1) is 33.9. The molecule has 232 valence electrons. The van der Waals surface area contributed by atoms with Crippen LogP contribution in [0.1, 0.15) is 42.0 Å². The Labute approximate surface area is 255 Å². The SMILES string of the molecule is CCCCNC(=O)[C@@H](Cc1ccccc1)N(Cc1ccc(C)cc1)C(=O)CN(c1ccc(Cl)c(C(F)(F)F)c1)S(C)(=O)=O. The number of carbonyl (C=O) groups excluding carboxylic acids is 2. The maximum Gasteiger partial charge on any atom is 0.417 e. The molecular weight excluding hydrogens is 603 g/mol. The molecule has 1 atom stereocenters. The summed E-state index contributed by atoms with van der Waals surface area (Å²) in [7, 11) is -4.25. The molecule has 3 aromatic rings. The molecule has 0 unspecified atom stereocenters. The van der Waals surface area contributed by atoms with Crippen LogP contribution in [0, 0.1) is 6.92 Å². The molecule has 3 rings (SSSR count). The van der Waals surface area contributed by atoms with Crippen LogP contribution in [0.2, 0.25) is 5.02 Å². The molecular formula is C31H35ClF3N3O4S. The Morgan fingerprint density at radius 2 is 1.63 bits per heavy atom. The summed E-state index contributed by atoms with van der Waals surface area (Å²) < 4.78 is 67.1. The molecule has 0 radical (unpaired) electrons.